The first-order valence-corrected chi connectivity index (χ1v) is 5.92. The van der Waals surface area contributed by atoms with Crippen LogP contribution in [0.1, 0.15) is 52.4 Å². The molecule has 0 bridgehead atoms. The molecule has 0 aliphatic heterocycles. The lowest BCUT2D eigenvalue weighted by Gasteiger charge is -2.26. The Labute approximate surface area is 87.4 Å². The Morgan fingerprint density at radius 2 is 2.07 bits per heavy atom. The van der Waals surface area contributed by atoms with Crippen LogP contribution in [0.2, 0.25) is 0 Å². The third-order valence-corrected chi connectivity index (χ3v) is 3.08. The molecule has 0 aromatic rings. The minimum atomic E-state index is -0.0954. The van der Waals surface area contributed by atoms with Crippen LogP contribution in [0.15, 0.2) is 4.99 Å². The first-order valence-electron chi connectivity index (χ1n) is 5.92. The lowest BCUT2D eigenvalue weighted by molar-refractivity contribution is 0.0745. The van der Waals surface area contributed by atoms with Crippen molar-refractivity contribution in [3.05, 3.63) is 0 Å². The zero-order valence-electron chi connectivity index (χ0n) is 9.50. The van der Waals surface area contributed by atoms with E-state index in [9.17, 15) is 5.11 Å². The Morgan fingerprint density at radius 3 is 2.71 bits per heavy atom. The van der Waals surface area contributed by atoms with Gasteiger partial charge in [-0.15, -0.1) is 0 Å². The number of hydrogen-bond donors (Lipinski definition) is 1. The summed E-state index contributed by atoms with van der Waals surface area (Å²) >= 11 is 0. The third-order valence-electron chi connectivity index (χ3n) is 3.08. The highest BCUT2D eigenvalue weighted by Crippen LogP contribution is 2.24. The van der Waals surface area contributed by atoms with E-state index in [-0.39, 0.29) is 6.10 Å². The molecule has 0 amide bonds. The maximum absolute atomic E-state index is 9.74. The molecule has 1 aliphatic rings. The quantitative estimate of drug-likeness (QED) is 0.691. The SMILES string of the molecule is CCCC(C)=NCC1CCCCC1O. The lowest BCUT2D eigenvalue weighted by atomic mass is 9.86. The van der Waals surface area contributed by atoms with Crippen LogP contribution in [0.25, 0.3) is 0 Å². The molecule has 0 aromatic carbocycles. The van der Waals surface area contributed by atoms with E-state index in [0.717, 1.165) is 25.8 Å². The van der Waals surface area contributed by atoms with Crippen molar-refractivity contribution in [1.82, 2.24) is 0 Å². The van der Waals surface area contributed by atoms with Gasteiger partial charge < -0.3 is 5.11 Å². The van der Waals surface area contributed by atoms with Gasteiger partial charge in [-0.1, -0.05) is 26.2 Å². The molecule has 14 heavy (non-hydrogen) atoms. The van der Waals surface area contributed by atoms with Gasteiger partial charge in [0.05, 0.1) is 6.10 Å². The van der Waals surface area contributed by atoms with Gasteiger partial charge in [-0.05, 0) is 26.2 Å². The summed E-state index contributed by atoms with van der Waals surface area (Å²) < 4.78 is 0. The number of aliphatic hydroxyl groups excluding tert-OH is 1. The van der Waals surface area contributed by atoms with Gasteiger partial charge in [0.25, 0.3) is 0 Å². The normalized spacial score (nSPS) is 29.2. The topological polar surface area (TPSA) is 32.6 Å². The first-order chi connectivity index (χ1) is 6.74. The van der Waals surface area contributed by atoms with Crippen molar-refractivity contribution < 1.29 is 5.11 Å². The van der Waals surface area contributed by atoms with Crippen molar-refractivity contribution in [3.63, 3.8) is 0 Å². The summed E-state index contributed by atoms with van der Waals surface area (Å²) in [5.41, 5.74) is 1.24. The van der Waals surface area contributed by atoms with Crippen LogP contribution in [0.3, 0.4) is 0 Å². The lowest BCUT2D eigenvalue weighted by Crippen LogP contribution is -2.26. The summed E-state index contributed by atoms with van der Waals surface area (Å²) in [4.78, 5) is 4.54. The van der Waals surface area contributed by atoms with Crippen molar-refractivity contribution in [1.29, 1.82) is 0 Å². The zero-order valence-corrected chi connectivity index (χ0v) is 9.50. The van der Waals surface area contributed by atoms with Gasteiger partial charge in [-0.3, -0.25) is 4.99 Å². The van der Waals surface area contributed by atoms with Gasteiger partial charge >= 0.3 is 0 Å². The van der Waals surface area contributed by atoms with E-state index in [1.807, 2.05) is 0 Å². The standard InChI is InChI=1S/C12H23NO/c1-3-6-10(2)13-9-11-7-4-5-8-12(11)14/h11-12,14H,3-9H2,1-2H3. The first kappa shape index (κ1) is 11.7. The second kappa shape index (κ2) is 6.18. The van der Waals surface area contributed by atoms with E-state index in [1.54, 1.807) is 0 Å². The van der Waals surface area contributed by atoms with Crippen LogP contribution < -0.4 is 0 Å². The van der Waals surface area contributed by atoms with Gasteiger partial charge in [0.2, 0.25) is 0 Å². The smallest absolute Gasteiger partial charge is 0.0586 e. The molecule has 0 saturated heterocycles. The highest BCUT2D eigenvalue weighted by Gasteiger charge is 2.22. The molecule has 1 aliphatic carbocycles. The molecule has 1 saturated carbocycles. The van der Waals surface area contributed by atoms with E-state index in [2.05, 4.69) is 18.8 Å². The molecule has 1 fully saturated rings. The van der Waals surface area contributed by atoms with Crippen molar-refractivity contribution in [2.75, 3.05) is 6.54 Å². The Kier molecular flexibility index (Phi) is 5.16. The van der Waals surface area contributed by atoms with Crippen LogP contribution in [0, 0.1) is 5.92 Å². The number of hydrogen-bond acceptors (Lipinski definition) is 2. The van der Waals surface area contributed by atoms with Crippen molar-refractivity contribution in [3.8, 4) is 0 Å². The fraction of sp³-hybridized carbons (Fsp3) is 0.917. The average Bonchev–Trinajstić information content (AvgIpc) is 2.17. The molecule has 2 heteroatoms. The summed E-state index contributed by atoms with van der Waals surface area (Å²) in [6.07, 6.45) is 6.77. The van der Waals surface area contributed by atoms with Gasteiger partial charge in [0.1, 0.15) is 0 Å². The Bertz CT molecular complexity index is 189. The average molecular weight is 197 g/mol. The van der Waals surface area contributed by atoms with Gasteiger partial charge in [-0.2, -0.15) is 0 Å². The van der Waals surface area contributed by atoms with Crippen LogP contribution in [-0.2, 0) is 0 Å². The zero-order chi connectivity index (χ0) is 10.4. The second-order valence-electron chi connectivity index (χ2n) is 4.44. The molecule has 1 rings (SSSR count). The highest BCUT2D eigenvalue weighted by atomic mass is 16.3. The monoisotopic (exact) mass is 197 g/mol. The van der Waals surface area contributed by atoms with Crippen molar-refractivity contribution >= 4 is 5.71 Å². The number of aliphatic imine (C=N–C) groups is 1. The van der Waals surface area contributed by atoms with Gasteiger partial charge in [-0.25, -0.2) is 0 Å². The number of nitrogens with zero attached hydrogens (tertiary/aromatic N) is 1. The van der Waals surface area contributed by atoms with E-state index < -0.39 is 0 Å². The molecule has 1 N–H and O–H groups in total. The van der Waals surface area contributed by atoms with Crippen LogP contribution in [-0.4, -0.2) is 23.5 Å². The van der Waals surface area contributed by atoms with Gasteiger partial charge in [0, 0.05) is 18.2 Å². The molecular weight excluding hydrogens is 174 g/mol. The highest BCUT2D eigenvalue weighted by molar-refractivity contribution is 5.81. The Balaban J connectivity index is 2.31. The van der Waals surface area contributed by atoms with Crippen LogP contribution in [0.4, 0.5) is 0 Å². The minimum Gasteiger partial charge on any atom is -0.393 e. The largest absolute Gasteiger partial charge is 0.393 e. The summed E-state index contributed by atoms with van der Waals surface area (Å²) in [7, 11) is 0. The summed E-state index contributed by atoms with van der Waals surface area (Å²) in [5, 5.41) is 9.74. The second-order valence-corrected chi connectivity index (χ2v) is 4.44. The van der Waals surface area contributed by atoms with E-state index in [0.29, 0.717) is 5.92 Å². The van der Waals surface area contributed by atoms with E-state index >= 15 is 0 Å². The molecule has 82 valence electrons. The summed E-state index contributed by atoms with van der Waals surface area (Å²) in [6.45, 7) is 5.11. The molecule has 2 unspecified atom stereocenters. The predicted octanol–water partition coefficient (Wildman–Crippen LogP) is 2.80. The maximum atomic E-state index is 9.74. The maximum Gasteiger partial charge on any atom is 0.0586 e. The Morgan fingerprint density at radius 1 is 1.36 bits per heavy atom. The van der Waals surface area contributed by atoms with Crippen LogP contribution in [0.5, 0.6) is 0 Å². The molecule has 2 nitrogen and oxygen atoms in total. The summed E-state index contributed by atoms with van der Waals surface area (Å²) in [5.74, 6) is 0.426. The molecular formula is C12H23NO. The fourth-order valence-electron chi connectivity index (χ4n) is 2.12. The number of aliphatic hydroxyl groups is 1. The minimum absolute atomic E-state index is 0.0954. The third kappa shape index (κ3) is 3.79. The van der Waals surface area contributed by atoms with Crippen molar-refractivity contribution in [2.24, 2.45) is 10.9 Å². The molecule has 0 heterocycles. The number of rotatable bonds is 4. The summed E-state index contributed by atoms with van der Waals surface area (Å²) in [6, 6.07) is 0. The molecule has 0 spiro atoms. The van der Waals surface area contributed by atoms with Crippen molar-refractivity contribution in [2.45, 2.75) is 58.5 Å². The molecule has 0 radical (unpaired) electrons. The van der Waals surface area contributed by atoms with E-state index in [4.69, 9.17) is 0 Å². The van der Waals surface area contributed by atoms with Crippen LogP contribution >= 0.6 is 0 Å². The fourth-order valence-corrected chi connectivity index (χ4v) is 2.12. The van der Waals surface area contributed by atoms with Gasteiger partial charge in [0.15, 0.2) is 0 Å². The predicted molar refractivity (Wildman–Crippen MR) is 60.8 cm³/mol. The van der Waals surface area contributed by atoms with E-state index in [1.165, 1.54) is 25.0 Å². The molecule has 2 atom stereocenters. The molecule has 0 aromatic heterocycles. The Hall–Kier alpha value is -0.370.